The lowest BCUT2D eigenvalue weighted by Crippen LogP contribution is -2.19. The first-order valence-corrected chi connectivity index (χ1v) is 5.21. The minimum absolute atomic E-state index is 0.0922. The average Bonchev–Trinajstić information content (AvgIpc) is 2.67. The van der Waals surface area contributed by atoms with Crippen molar-refractivity contribution in [2.45, 2.75) is 26.7 Å². The van der Waals surface area contributed by atoms with Gasteiger partial charge >= 0.3 is 0 Å². The van der Waals surface area contributed by atoms with Crippen molar-refractivity contribution in [1.29, 1.82) is 0 Å². The fourth-order valence-electron chi connectivity index (χ4n) is 2.07. The highest BCUT2D eigenvalue weighted by Gasteiger charge is 2.15. The molecule has 14 heavy (non-hydrogen) atoms. The van der Waals surface area contributed by atoms with E-state index < -0.39 is 0 Å². The molecular weight excluding hydrogens is 177 g/mol. The molecule has 1 aromatic carbocycles. The Morgan fingerprint density at radius 2 is 1.71 bits per heavy atom. The van der Waals surface area contributed by atoms with Gasteiger partial charge in [-0.3, -0.25) is 0 Å². The van der Waals surface area contributed by atoms with Gasteiger partial charge in [0.1, 0.15) is 5.82 Å². The fourth-order valence-corrected chi connectivity index (χ4v) is 2.07. The van der Waals surface area contributed by atoms with Gasteiger partial charge in [-0.1, -0.05) is 0 Å². The summed E-state index contributed by atoms with van der Waals surface area (Å²) in [6.45, 7) is 6.09. The normalized spacial score (nSPS) is 16.4. The van der Waals surface area contributed by atoms with Crippen LogP contribution in [-0.4, -0.2) is 13.1 Å². The van der Waals surface area contributed by atoms with Gasteiger partial charge in [-0.2, -0.15) is 0 Å². The molecule has 1 nitrogen and oxygen atoms in total. The molecule has 0 aliphatic carbocycles. The monoisotopic (exact) mass is 193 g/mol. The molecule has 0 aromatic heterocycles. The minimum atomic E-state index is -0.0922. The number of hydrogen-bond donors (Lipinski definition) is 0. The second kappa shape index (κ2) is 3.60. The van der Waals surface area contributed by atoms with E-state index in [2.05, 4.69) is 4.90 Å². The van der Waals surface area contributed by atoms with Crippen LogP contribution in [0.25, 0.3) is 0 Å². The van der Waals surface area contributed by atoms with Crippen LogP contribution in [0.2, 0.25) is 0 Å². The van der Waals surface area contributed by atoms with E-state index in [0.29, 0.717) is 0 Å². The van der Waals surface area contributed by atoms with Crippen molar-refractivity contribution >= 4 is 5.69 Å². The number of rotatable bonds is 1. The number of anilines is 1. The van der Waals surface area contributed by atoms with Gasteiger partial charge in [0.15, 0.2) is 0 Å². The SMILES string of the molecule is Cc1c(F)ccc(N2CCCC2)c1C. The quantitative estimate of drug-likeness (QED) is 0.662. The summed E-state index contributed by atoms with van der Waals surface area (Å²) in [5.74, 6) is -0.0922. The van der Waals surface area contributed by atoms with Crippen LogP contribution in [0, 0.1) is 19.7 Å². The fraction of sp³-hybridized carbons (Fsp3) is 0.500. The van der Waals surface area contributed by atoms with Crippen molar-refractivity contribution in [3.8, 4) is 0 Å². The molecule has 0 radical (unpaired) electrons. The highest BCUT2D eigenvalue weighted by molar-refractivity contribution is 5.56. The zero-order valence-corrected chi connectivity index (χ0v) is 8.81. The Morgan fingerprint density at radius 1 is 1.07 bits per heavy atom. The van der Waals surface area contributed by atoms with Crippen molar-refractivity contribution in [3.63, 3.8) is 0 Å². The summed E-state index contributed by atoms with van der Waals surface area (Å²) in [7, 11) is 0. The zero-order chi connectivity index (χ0) is 10.1. The van der Waals surface area contributed by atoms with Crippen LogP contribution in [0.4, 0.5) is 10.1 Å². The van der Waals surface area contributed by atoms with Crippen molar-refractivity contribution in [2.75, 3.05) is 18.0 Å². The van der Waals surface area contributed by atoms with Crippen LogP contribution in [0.5, 0.6) is 0 Å². The lowest BCUT2D eigenvalue weighted by Gasteiger charge is -2.21. The third-order valence-corrected chi connectivity index (χ3v) is 3.14. The molecule has 1 saturated heterocycles. The van der Waals surface area contributed by atoms with Crippen molar-refractivity contribution < 1.29 is 4.39 Å². The summed E-state index contributed by atoms with van der Waals surface area (Å²) in [6, 6.07) is 3.49. The van der Waals surface area contributed by atoms with E-state index in [9.17, 15) is 4.39 Å². The van der Waals surface area contributed by atoms with Gasteiger partial charge in [0.2, 0.25) is 0 Å². The summed E-state index contributed by atoms with van der Waals surface area (Å²) in [5, 5.41) is 0. The third kappa shape index (κ3) is 1.49. The van der Waals surface area contributed by atoms with E-state index in [1.165, 1.54) is 18.5 Å². The molecule has 0 amide bonds. The van der Waals surface area contributed by atoms with Gasteiger partial charge in [-0.15, -0.1) is 0 Å². The third-order valence-electron chi connectivity index (χ3n) is 3.14. The first kappa shape index (κ1) is 9.50. The van der Waals surface area contributed by atoms with E-state index >= 15 is 0 Å². The van der Waals surface area contributed by atoms with Crippen molar-refractivity contribution in [2.24, 2.45) is 0 Å². The summed E-state index contributed by atoms with van der Waals surface area (Å²) in [4.78, 5) is 2.35. The summed E-state index contributed by atoms with van der Waals surface area (Å²) in [5.41, 5.74) is 3.09. The predicted octanol–water partition coefficient (Wildman–Crippen LogP) is 3.04. The van der Waals surface area contributed by atoms with E-state index in [0.717, 1.165) is 24.2 Å². The Morgan fingerprint density at radius 3 is 2.36 bits per heavy atom. The zero-order valence-electron chi connectivity index (χ0n) is 8.81. The van der Waals surface area contributed by atoms with Gasteiger partial charge in [-0.05, 0) is 49.9 Å². The molecule has 0 saturated carbocycles. The Kier molecular flexibility index (Phi) is 2.44. The Labute approximate surface area is 84.5 Å². The molecule has 2 rings (SSSR count). The van der Waals surface area contributed by atoms with Gasteiger partial charge in [0, 0.05) is 18.8 Å². The number of benzene rings is 1. The van der Waals surface area contributed by atoms with Crippen LogP contribution in [0.15, 0.2) is 12.1 Å². The summed E-state index contributed by atoms with van der Waals surface area (Å²) < 4.78 is 13.2. The van der Waals surface area contributed by atoms with Gasteiger partial charge < -0.3 is 4.90 Å². The Bertz CT molecular complexity index is 340. The van der Waals surface area contributed by atoms with E-state index in [-0.39, 0.29) is 5.82 Å². The molecule has 1 aliphatic heterocycles. The molecule has 0 atom stereocenters. The van der Waals surface area contributed by atoms with E-state index in [4.69, 9.17) is 0 Å². The van der Waals surface area contributed by atoms with Crippen LogP contribution in [0.3, 0.4) is 0 Å². The molecule has 2 heteroatoms. The summed E-state index contributed by atoms with van der Waals surface area (Å²) in [6.07, 6.45) is 2.52. The second-order valence-corrected chi connectivity index (χ2v) is 4.01. The predicted molar refractivity (Wildman–Crippen MR) is 57.3 cm³/mol. The van der Waals surface area contributed by atoms with Gasteiger partial charge in [0.05, 0.1) is 0 Å². The Balaban J connectivity index is 2.38. The molecule has 0 spiro atoms. The molecular formula is C12H16FN. The van der Waals surface area contributed by atoms with Gasteiger partial charge in [-0.25, -0.2) is 4.39 Å². The van der Waals surface area contributed by atoms with Crippen LogP contribution >= 0.6 is 0 Å². The molecule has 76 valence electrons. The van der Waals surface area contributed by atoms with E-state index in [1.807, 2.05) is 19.9 Å². The maximum absolute atomic E-state index is 13.2. The highest BCUT2D eigenvalue weighted by atomic mass is 19.1. The smallest absolute Gasteiger partial charge is 0.126 e. The highest BCUT2D eigenvalue weighted by Crippen LogP contribution is 2.27. The standard InChI is InChI=1S/C12H16FN/c1-9-10(2)12(6-5-11(9)13)14-7-3-4-8-14/h5-6H,3-4,7-8H2,1-2H3. The van der Waals surface area contributed by atoms with Crippen LogP contribution in [0.1, 0.15) is 24.0 Å². The van der Waals surface area contributed by atoms with Crippen LogP contribution in [-0.2, 0) is 0 Å². The van der Waals surface area contributed by atoms with Crippen LogP contribution < -0.4 is 4.90 Å². The lowest BCUT2D eigenvalue weighted by atomic mass is 10.1. The molecule has 0 unspecified atom stereocenters. The molecule has 0 N–H and O–H groups in total. The lowest BCUT2D eigenvalue weighted by molar-refractivity contribution is 0.616. The first-order chi connectivity index (χ1) is 6.70. The molecule has 1 fully saturated rings. The molecule has 1 heterocycles. The topological polar surface area (TPSA) is 3.24 Å². The maximum atomic E-state index is 13.2. The molecule has 0 bridgehead atoms. The number of nitrogens with zero attached hydrogens (tertiary/aromatic N) is 1. The first-order valence-electron chi connectivity index (χ1n) is 5.21. The average molecular weight is 193 g/mol. The van der Waals surface area contributed by atoms with E-state index in [1.54, 1.807) is 6.07 Å². The summed E-state index contributed by atoms with van der Waals surface area (Å²) >= 11 is 0. The second-order valence-electron chi connectivity index (χ2n) is 4.01. The number of halogens is 1. The number of hydrogen-bond acceptors (Lipinski definition) is 1. The minimum Gasteiger partial charge on any atom is -0.371 e. The molecule has 1 aromatic rings. The van der Waals surface area contributed by atoms with Gasteiger partial charge in [0.25, 0.3) is 0 Å². The Hall–Kier alpha value is -1.05. The molecule has 1 aliphatic rings. The van der Waals surface area contributed by atoms with Crippen molar-refractivity contribution in [3.05, 3.63) is 29.1 Å². The largest absolute Gasteiger partial charge is 0.371 e. The maximum Gasteiger partial charge on any atom is 0.126 e. The van der Waals surface area contributed by atoms with Crippen molar-refractivity contribution in [1.82, 2.24) is 0 Å².